The van der Waals surface area contributed by atoms with Crippen LogP contribution in [0, 0.1) is 10.1 Å². The van der Waals surface area contributed by atoms with Gasteiger partial charge in [0.05, 0.1) is 4.92 Å². The molecular weight excluding hydrogens is 370 g/mol. The predicted molar refractivity (Wildman–Crippen MR) is 97.2 cm³/mol. The van der Waals surface area contributed by atoms with Gasteiger partial charge in [-0.25, -0.2) is 9.59 Å². The normalized spacial score (nSPS) is 10.8. The van der Waals surface area contributed by atoms with Gasteiger partial charge in [-0.15, -0.1) is 0 Å². The lowest BCUT2D eigenvalue weighted by molar-refractivity contribution is -0.384. The summed E-state index contributed by atoms with van der Waals surface area (Å²) >= 11 is 0. The molecule has 0 aliphatic rings. The molecule has 0 saturated carbocycles. The van der Waals surface area contributed by atoms with E-state index < -0.39 is 22.6 Å². The number of ether oxygens (including phenoxy) is 3. The number of esters is 1. The Morgan fingerprint density at radius 2 is 1.75 bits per heavy atom. The molecule has 0 aromatic heterocycles. The molecule has 0 heterocycles. The number of hydrogen-bond donors (Lipinski definition) is 1. The first-order valence-corrected chi connectivity index (χ1v) is 8.19. The van der Waals surface area contributed by atoms with Gasteiger partial charge in [-0.2, -0.15) is 0 Å². The van der Waals surface area contributed by atoms with Gasteiger partial charge in [0, 0.05) is 12.1 Å². The van der Waals surface area contributed by atoms with E-state index in [1.807, 2.05) is 0 Å². The van der Waals surface area contributed by atoms with Gasteiger partial charge in [0.15, 0.2) is 0 Å². The Balaban J connectivity index is 2.16. The maximum Gasteiger partial charge on any atom is 0.514 e. The van der Waals surface area contributed by atoms with Crippen molar-refractivity contribution in [1.29, 1.82) is 0 Å². The minimum atomic E-state index is -1.10. The molecule has 0 spiro atoms. The number of nitro groups is 1. The third-order valence-corrected chi connectivity index (χ3v) is 3.28. The Morgan fingerprint density at radius 3 is 2.32 bits per heavy atom. The Morgan fingerprint density at radius 1 is 1.11 bits per heavy atom. The average molecular weight is 389 g/mol. The molecule has 9 heteroatoms. The van der Waals surface area contributed by atoms with Crippen LogP contribution in [0.3, 0.4) is 0 Å². The van der Waals surface area contributed by atoms with Crippen molar-refractivity contribution >= 4 is 17.8 Å². The van der Waals surface area contributed by atoms with Gasteiger partial charge in [-0.3, -0.25) is 10.1 Å². The van der Waals surface area contributed by atoms with E-state index in [-0.39, 0.29) is 29.4 Å². The maximum absolute atomic E-state index is 12.3. The Kier molecular flexibility index (Phi) is 6.19. The molecule has 28 heavy (non-hydrogen) atoms. The molecular formula is C19H19NO8. The number of nitro benzene ring substituents is 1. The number of rotatable bonds is 5. The number of hydrogen-bond acceptors (Lipinski definition) is 8. The van der Waals surface area contributed by atoms with E-state index in [0.717, 1.165) is 18.2 Å². The lowest BCUT2D eigenvalue weighted by Crippen LogP contribution is -2.24. The van der Waals surface area contributed by atoms with Crippen LogP contribution in [-0.2, 0) is 16.1 Å². The number of benzene rings is 2. The van der Waals surface area contributed by atoms with E-state index in [2.05, 4.69) is 0 Å². The third-order valence-electron chi connectivity index (χ3n) is 3.28. The van der Waals surface area contributed by atoms with Gasteiger partial charge >= 0.3 is 12.1 Å². The molecule has 2 aromatic rings. The Labute approximate surface area is 160 Å². The van der Waals surface area contributed by atoms with Crippen molar-refractivity contribution in [3.63, 3.8) is 0 Å². The maximum atomic E-state index is 12.3. The molecule has 9 nitrogen and oxygen atoms in total. The summed E-state index contributed by atoms with van der Waals surface area (Å²) in [4.78, 5) is 34.6. The van der Waals surface area contributed by atoms with Crippen molar-refractivity contribution in [2.45, 2.75) is 33.0 Å². The second kappa shape index (κ2) is 8.38. The van der Waals surface area contributed by atoms with E-state index in [1.54, 1.807) is 32.9 Å². The summed E-state index contributed by atoms with van der Waals surface area (Å²) in [5.74, 6) is -1.03. The second-order valence-corrected chi connectivity index (χ2v) is 6.75. The molecule has 0 atom stereocenters. The quantitative estimate of drug-likeness (QED) is 0.352. The van der Waals surface area contributed by atoms with E-state index in [0.29, 0.717) is 5.56 Å². The van der Waals surface area contributed by atoms with E-state index in [9.17, 15) is 24.8 Å². The van der Waals surface area contributed by atoms with Gasteiger partial charge in [0.25, 0.3) is 5.69 Å². The molecule has 0 unspecified atom stereocenters. The zero-order chi connectivity index (χ0) is 20.9. The third kappa shape index (κ3) is 5.97. The zero-order valence-corrected chi connectivity index (χ0v) is 15.5. The minimum Gasteiger partial charge on any atom is -0.508 e. The first-order valence-electron chi connectivity index (χ1n) is 8.19. The number of carbonyl (C=O) groups excluding carboxylic acids is 2. The predicted octanol–water partition coefficient (Wildman–Crippen LogP) is 3.97. The van der Waals surface area contributed by atoms with Gasteiger partial charge in [0.2, 0.25) is 0 Å². The van der Waals surface area contributed by atoms with Crippen LogP contribution >= 0.6 is 0 Å². The molecule has 148 valence electrons. The molecule has 0 bridgehead atoms. The van der Waals surface area contributed by atoms with Crippen molar-refractivity contribution < 1.29 is 33.8 Å². The Hall–Kier alpha value is -3.62. The number of non-ortho nitro benzene ring substituents is 1. The lowest BCUT2D eigenvalue weighted by atomic mass is 10.1. The molecule has 0 saturated heterocycles. The Bertz CT molecular complexity index is 884. The van der Waals surface area contributed by atoms with Crippen LogP contribution in [0.1, 0.15) is 36.7 Å². The molecule has 0 fully saturated rings. The fourth-order valence-corrected chi connectivity index (χ4v) is 2.07. The van der Waals surface area contributed by atoms with Crippen molar-refractivity contribution in [1.82, 2.24) is 0 Å². The molecule has 1 N–H and O–H groups in total. The van der Waals surface area contributed by atoms with Crippen LogP contribution in [0.4, 0.5) is 10.5 Å². The minimum absolute atomic E-state index is 0.0687. The largest absolute Gasteiger partial charge is 0.514 e. The molecule has 2 rings (SSSR count). The first-order chi connectivity index (χ1) is 13.0. The second-order valence-electron chi connectivity index (χ2n) is 6.75. The summed E-state index contributed by atoms with van der Waals surface area (Å²) in [5, 5.41) is 20.2. The van der Waals surface area contributed by atoms with E-state index in [1.165, 1.54) is 12.1 Å². The fraction of sp³-hybridized carbons (Fsp3) is 0.263. The molecule has 0 aliphatic heterocycles. The summed E-state index contributed by atoms with van der Waals surface area (Å²) in [6, 6.07) is 9.16. The van der Waals surface area contributed by atoms with Crippen LogP contribution in [-0.4, -0.2) is 27.8 Å². The topological polar surface area (TPSA) is 125 Å². The number of aromatic hydroxyl groups is 1. The number of phenols is 1. The van der Waals surface area contributed by atoms with Crippen molar-refractivity contribution in [2.24, 2.45) is 0 Å². The van der Waals surface area contributed by atoms with Crippen molar-refractivity contribution in [2.75, 3.05) is 0 Å². The highest BCUT2D eigenvalue weighted by atomic mass is 16.7. The monoisotopic (exact) mass is 389 g/mol. The van der Waals surface area contributed by atoms with Gasteiger partial charge in [-0.1, -0.05) is 12.1 Å². The smallest absolute Gasteiger partial charge is 0.508 e. The summed E-state index contributed by atoms with van der Waals surface area (Å²) in [6.45, 7) is 4.77. The fourth-order valence-electron chi connectivity index (χ4n) is 2.07. The van der Waals surface area contributed by atoms with E-state index >= 15 is 0 Å². The van der Waals surface area contributed by atoms with Gasteiger partial charge < -0.3 is 19.3 Å². The number of nitrogens with zero attached hydrogens (tertiary/aromatic N) is 1. The SMILES string of the molecule is CC(C)(C)OC(=O)c1cc([N+](=O)[O-])ccc1OC(=O)OCc1ccc(O)cc1. The van der Waals surface area contributed by atoms with Crippen molar-refractivity contribution in [3.05, 3.63) is 63.7 Å². The lowest BCUT2D eigenvalue weighted by Gasteiger charge is -2.20. The standard InChI is InChI=1S/C19H19NO8/c1-19(2,3)28-17(22)15-10-13(20(24)25)6-9-16(15)27-18(23)26-11-12-4-7-14(21)8-5-12/h4-10,21H,11H2,1-3H3. The van der Waals surface area contributed by atoms with Crippen LogP contribution in [0.15, 0.2) is 42.5 Å². The highest BCUT2D eigenvalue weighted by molar-refractivity contribution is 5.94. The van der Waals surface area contributed by atoms with Crippen LogP contribution in [0.5, 0.6) is 11.5 Å². The summed E-state index contributed by atoms with van der Waals surface area (Å²) in [5.41, 5.74) is -0.875. The molecule has 0 amide bonds. The summed E-state index contributed by atoms with van der Waals surface area (Å²) in [7, 11) is 0. The summed E-state index contributed by atoms with van der Waals surface area (Å²) in [6.07, 6.45) is -1.10. The molecule has 0 radical (unpaired) electrons. The van der Waals surface area contributed by atoms with Gasteiger partial charge in [0.1, 0.15) is 29.3 Å². The average Bonchev–Trinajstić information content (AvgIpc) is 2.60. The number of phenolic OH excluding ortho intramolecular Hbond substituents is 1. The highest BCUT2D eigenvalue weighted by Crippen LogP contribution is 2.27. The van der Waals surface area contributed by atoms with Crippen LogP contribution in [0.25, 0.3) is 0 Å². The first kappa shape index (κ1) is 20.7. The van der Waals surface area contributed by atoms with Crippen LogP contribution in [0.2, 0.25) is 0 Å². The van der Waals surface area contributed by atoms with Crippen LogP contribution < -0.4 is 4.74 Å². The molecule has 0 aliphatic carbocycles. The number of carbonyl (C=O) groups is 2. The van der Waals surface area contributed by atoms with Crippen molar-refractivity contribution in [3.8, 4) is 11.5 Å². The van der Waals surface area contributed by atoms with Gasteiger partial charge in [-0.05, 0) is 44.5 Å². The van der Waals surface area contributed by atoms with E-state index in [4.69, 9.17) is 14.2 Å². The molecule has 2 aromatic carbocycles. The highest BCUT2D eigenvalue weighted by Gasteiger charge is 2.25. The zero-order valence-electron chi connectivity index (χ0n) is 15.5. The summed E-state index contributed by atoms with van der Waals surface area (Å²) < 4.78 is 15.2.